The van der Waals surface area contributed by atoms with E-state index < -0.39 is 35.4 Å². The first kappa shape index (κ1) is 22.7. The molecule has 1 unspecified atom stereocenters. The van der Waals surface area contributed by atoms with Crippen molar-refractivity contribution in [2.24, 2.45) is 0 Å². The second-order valence-corrected chi connectivity index (χ2v) is 9.58. The molecule has 2 heterocycles. The molecule has 0 saturated carbocycles. The van der Waals surface area contributed by atoms with E-state index in [-0.39, 0.29) is 0 Å². The second-order valence-electron chi connectivity index (χ2n) is 9.58. The summed E-state index contributed by atoms with van der Waals surface area (Å²) in [5.74, 6) is -0.0849. The van der Waals surface area contributed by atoms with Gasteiger partial charge in [0.2, 0.25) is 0 Å². The smallest absolute Gasteiger partial charge is 0.421 e. The van der Waals surface area contributed by atoms with Gasteiger partial charge in [-0.25, -0.2) is 14.5 Å². The quantitative estimate of drug-likeness (QED) is 0.618. The summed E-state index contributed by atoms with van der Waals surface area (Å²) < 4.78 is 16.8. The summed E-state index contributed by atoms with van der Waals surface area (Å²) >= 11 is 0. The summed E-state index contributed by atoms with van der Waals surface area (Å²) in [4.78, 5) is 41.0. The maximum absolute atomic E-state index is 13.3. The number of hydrogen-bond acceptors (Lipinski definition) is 6. The number of rotatable bonds is 1. The van der Waals surface area contributed by atoms with Crippen LogP contribution in [0.1, 0.15) is 48.0 Å². The van der Waals surface area contributed by atoms with Gasteiger partial charge >= 0.3 is 12.2 Å². The Morgan fingerprint density at radius 1 is 1.00 bits per heavy atom. The predicted octanol–water partition coefficient (Wildman–Crippen LogP) is 4.28. The third-order valence-corrected chi connectivity index (χ3v) is 4.60. The Hall–Kier alpha value is -3.03. The average molecular weight is 431 g/mol. The SMILES string of the molecule is CC(C)(C)OC(=O)N1CC=C(C2Oc3ccccc3N(C(=O)OC(C)(C)C)C2=O)CC1. The molecule has 8 nitrogen and oxygen atoms in total. The van der Waals surface area contributed by atoms with Gasteiger partial charge in [0.05, 0.1) is 5.69 Å². The van der Waals surface area contributed by atoms with Gasteiger partial charge in [0.1, 0.15) is 17.0 Å². The standard InChI is InChI=1S/C23H30N2O6/c1-22(2,3)30-20(27)24-13-11-15(12-14-24)18-19(26)25(21(28)31-23(4,5)6)16-9-7-8-10-17(16)29-18/h7-11,18H,12-14H2,1-6H3. The molecular weight excluding hydrogens is 400 g/mol. The van der Waals surface area contributed by atoms with E-state index in [0.717, 1.165) is 4.90 Å². The highest BCUT2D eigenvalue weighted by Gasteiger charge is 2.42. The summed E-state index contributed by atoms with van der Waals surface area (Å²) in [6.07, 6.45) is 0.115. The number of anilines is 1. The lowest BCUT2D eigenvalue weighted by Gasteiger charge is -2.36. The Balaban J connectivity index is 1.82. The van der Waals surface area contributed by atoms with Crippen LogP contribution < -0.4 is 9.64 Å². The zero-order chi connectivity index (χ0) is 23.0. The summed E-state index contributed by atoms with van der Waals surface area (Å²) in [6.45, 7) is 11.4. The molecule has 1 aromatic rings. The van der Waals surface area contributed by atoms with Crippen molar-refractivity contribution in [3.05, 3.63) is 35.9 Å². The van der Waals surface area contributed by atoms with Gasteiger partial charge in [-0.2, -0.15) is 0 Å². The average Bonchev–Trinajstić information content (AvgIpc) is 2.65. The predicted molar refractivity (Wildman–Crippen MR) is 115 cm³/mol. The van der Waals surface area contributed by atoms with Crippen LogP contribution in [-0.2, 0) is 14.3 Å². The fraction of sp³-hybridized carbons (Fsp3) is 0.522. The van der Waals surface area contributed by atoms with Crippen molar-refractivity contribution in [1.29, 1.82) is 0 Å². The molecule has 0 N–H and O–H groups in total. The molecule has 2 aliphatic heterocycles. The van der Waals surface area contributed by atoms with Crippen LogP contribution in [0.3, 0.4) is 0 Å². The van der Waals surface area contributed by atoms with Crippen LogP contribution in [0.4, 0.5) is 15.3 Å². The van der Waals surface area contributed by atoms with Crippen LogP contribution in [0.25, 0.3) is 0 Å². The molecule has 3 rings (SSSR count). The van der Waals surface area contributed by atoms with E-state index in [2.05, 4.69) is 0 Å². The molecule has 168 valence electrons. The van der Waals surface area contributed by atoms with E-state index in [9.17, 15) is 14.4 Å². The zero-order valence-electron chi connectivity index (χ0n) is 18.9. The van der Waals surface area contributed by atoms with E-state index in [1.165, 1.54) is 0 Å². The fourth-order valence-electron chi connectivity index (χ4n) is 3.30. The van der Waals surface area contributed by atoms with Gasteiger partial charge in [-0.3, -0.25) is 4.79 Å². The Kier molecular flexibility index (Phi) is 6.02. The van der Waals surface area contributed by atoms with Gasteiger partial charge in [0, 0.05) is 13.1 Å². The number of carbonyl (C=O) groups is 3. The Labute approximate surface area is 182 Å². The van der Waals surface area contributed by atoms with Gasteiger partial charge < -0.3 is 19.1 Å². The van der Waals surface area contributed by atoms with E-state index >= 15 is 0 Å². The van der Waals surface area contributed by atoms with Crippen LogP contribution in [0.2, 0.25) is 0 Å². The lowest BCUT2D eigenvalue weighted by molar-refractivity contribution is -0.124. The molecule has 0 radical (unpaired) electrons. The second kappa shape index (κ2) is 8.24. The van der Waals surface area contributed by atoms with Gasteiger partial charge in [-0.05, 0) is 65.7 Å². The number of carbonyl (C=O) groups excluding carboxylic acids is 3. The number of benzene rings is 1. The Bertz CT molecular complexity index is 909. The van der Waals surface area contributed by atoms with E-state index in [1.807, 2.05) is 20.8 Å². The first-order chi connectivity index (χ1) is 14.4. The number of para-hydroxylation sites is 2. The number of imide groups is 1. The molecule has 0 bridgehead atoms. The number of hydrogen-bond donors (Lipinski definition) is 0. The largest absolute Gasteiger partial charge is 0.474 e. The molecule has 0 saturated heterocycles. The Morgan fingerprint density at radius 2 is 1.61 bits per heavy atom. The normalized spacial score (nSPS) is 19.2. The van der Waals surface area contributed by atoms with Crippen molar-refractivity contribution >= 4 is 23.8 Å². The summed E-state index contributed by atoms with van der Waals surface area (Å²) in [5.41, 5.74) is -0.267. The molecule has 0 aromatic heterocycles. The molecule has 1 aromatic carbocycles. The molecule has 3 amide bonds. The molecule has 2 aliphatic rings. The van der Waals surface area contributed by atoms with Crippen LogP contribution in [0.5, 0.6) is 5.75 Å². The maximum Gasteiger partial charge on any atom is 0.421 e. The number of ether oxygens (including phenoxy) is 3. The highest BCUT2D eigenvalue weighted by molar-refractivity contribution is 6.17. The molecule has 1 atom stereocenters. The maximum atomic E-state index is 13.3. The monoisotopic (exact) mass is 430 g/mol. The van der Waals surface area contributed by atoms with E-state index in [4.69, 9.17) is 14.2 Å². The minimum Gasteiger partial charge on any atom is -0.474 e. The minimum atomic E-state index is -0.955. The summed E-state index contributed by atoms with van der Waals surface area (Å²) in [5, 5.41) is 0. The third-order valence-electron chi connectivity index (χ3n) is 4.60. The van der Waals surface area contributed by atoms with Crippen LogP contribution in [-0.4, -0.2) is 53.4 Å². The first-order valence-electron chi connectivity index (χ1n) is 10.4. The topological polar surface area (TPSA) is 85.4 Å². The molecule has 8 heteroatoms. The number of fused-ring (bicyclic) bond motifs is 1. The third kappa shape index (κ3) is 5.37. The van der Waals surface area contributed by atoms with Crippen molar-refractivity contribution in [1.82, 2.24) is 4.90 Å². The number of nitrogens with zero attached hydrogens (tertiary/aromatic N) is 2. The van der Waals surface area contributed by atoms with E-state index in [1.54, 1.807) is 56.0 Å². The lowest BCUT2D eigenvalue weighted by Crippen LogP contribution is -2.52. The lowest BCUT2D eigenvalue weighted by atomic mass is 9.99. The minimum absolute atomic E-state index is 0.297. The van der Waals surface area contributed by atoms with Crippen LogP contribution >= 0.6 is 0 Å². The van der Waals surface area contributed by atoms with E-state index in [0.29, 0.717) is 36.5 Å². The molecule has 0 spiro atoms. The molecular formula is C23H30N2O6. The fourth-order valence-corrected chi connectivity index (χ4v) is 3.30. The van der Waals surface area contributed by atoms with Gasteiger partial charge in [0.15, 0.2) is 6.10 Å². The van der Waals surface area contributed by atoms with Crippen LogP contribution in [0, 0.1) is 0 Å². The van der Waals surface area contributed by atoms with Crippen molar-refractivity contribution in [2.75, 3.05) is 18.0 Å². The van der Waals surface area contributed by atoms with Crippen molar-refractivity contribution in [3.8, 4) is 5.75 Å². The van der Waals surface area contributed by atoms with Gasteiger partial charge in [-0.1, -0.05) is 18.2 Å². The van der Waals surface area contributed by atoms with Crippen LogP contribution in [0.15, 0.2) is 35.9 Å². The van der Waals surface area contributed by atoms with Gasteiger partial charge in [0.25, 0.3) is 5.91 Å². The highest BCUT2D eigenvalue weighted by atomic mass is 16.6. The van der Waals surface area contributed by atoms with Crippen molar-refractivity contribution in [3.63, 3.8) is 0 Å². The zero-order valence-corrected chi connectivity index (χ0v) is 18.9. The van der Waals surface area contributed by atoms with Crippen molar-refractivity contribution < 1.29 is 28.6 Å². The highest BCUT2D eigenvalue weighted by Crippen LogP contribution is 2.37. The molecule has 0 fully saturated rings. The molecule has 31 heavy (non-hydrogen) atoms. The summed E-state index contributed by atoms with van der Waals surface area (Å²) in [7, 11) is 0. The van der Waals surface area contributed by atoms with Crippen molar-refractivity contribution in [2.45, 2.75) is 65.3 Å². The summed E-state index contributed by atoms with van der Waals surface area (Å²) in [6, 6.07) is 6.86. The van der Waals surface area contributed by atoms with Gasteiger partial charge in [-0.15, -0.1) is 0 Å². The Morgan fingerprint density at radius 3 is 2.19 bits per heavy atom. The first-order valence-corrected chi connectivity index (χ1v) is 10.4. The molecule has 0 aliphatic carbocycles. The number of amides is 3.